The normalized spacial score (nSPS) is 10.7. The van der Waals surface area contributed by atoms with E-state index < -0.39 is 0 Å². The number of aromatic nitrogens is 2. The molecule has 0 atom stereocenters. The molecule has 0 aliphatic carbocycles. The number of carbonyl (C=O) groups excluding carboxylic acids is 1. The maximum Gasteiger partial charge on any atom is 0.271 e. The second kappa shape index (κ2) is 6.18. The van der Waals surface area contributed by atoms with Crippen molar-refractivity contribution in [2.24, 2.45) is 0 Å². The predicted octanol–water partition coefficient (Wildman–Crippen LogP) is 2.68. The van der Waals surface area contributed by atoms with Gasteiger partial charge in [0.15, 0.2) is 4.96 Å². The van der Waals surface area contributed by atoms with E-state index in [0.29, 0.717) is 11.5 Å². The van der Waals surface area contributed by atoms with Gasteiger partial charge in [0.2, 0.25) is 0 Å². The number of rotatable bonds is 4. The van der Waals surface area contributed by atoms with Crippen LogP contribution in [0.2, 0.25) is 0 Å². The third kappa shape index (κ3) is 2.68. The van der Waals surface area contributed by atoms with Gasteiger partial charge in [0.25, 0.3) is 11.5 Å². The lowest BCUT2D eigenvalue weighted by molar-refractivity contribution is 0.0808. The van der Waals surface area contributed by atoms with Gasteiger partial charge >= 0.3 is 0 Å². The highest BCUT2D eigenvalue weighted by Crippen LogP contribution is 2.23. The van der Waals surface area contributed by atoms with Gasteiger partial charge in [-0.1, -0.05) is 36.4 Å². The molecule has 6 heteroatoms. The zero-order valence-corrected chi connectivity index (χ0v) is 13.4. The van der Waals surface area contributed by atoms with Gasteiger partial charge in [0.05, 0.1) is 5.69 Å². The minimum Gasteiger partial charge on any atom is -0.338 e. The molecule has 0 bridgehead atoms. The molecule has 3 rings (SSSR count). The lowest BCUT2D eigenvalue weighted by Crippen LogP contribution is -2.33. The van der Waals surface area contributed by atoms with Crippen molar-refractivity contribution < 1.29 is 4.79 Å². The van der Waals surface area contributed by atoms with E-state index in [-0.39, 0.29) is 17.0 Å². The molecule has 0 N–H and O–H groups in total. The maximum atomic E-state index is 12.8. The van der Waals surface area contributed by atoms with E-state index in [1.54, 1.807) is 13.1 Å². The molecule has 0 unspecified atom stereocenters. The third-order valence-electron chi connectivity index (χ3n) is 3.50. The van der Waals surface area contributed by atoms with Gasteiger partial charge in [-0.2, -0.15) is 0 Å². The second-order valence-corrected chi connectivity index (χ2v) is 5.89. The Morgan fingerprint density at radius 1 is 1.39 bits per heavy atom. The molecule has 0 spiro atoms. The molecule has 3 aromatic rings. The molecule has 2 heterocycles. The van der Waals surface area contributed by atoms with Crippen LogP contribution in [-0.4, -0.2) is 33.8 Å². The van der Waals surface area contributed by atoms with E-state index in [1.807, 2.05) is 35.7 Å². The fraction of sp³-hybridized carbons (Fsp3) is 0.118. The first-order chi connectivity index (χ1) is 11.1. The summed E-state index contributed by atoms with van der Waals surface area (Å²) in [5, 5.41) is 1.88. The molecule has 1 aromatic carbocycles. The van der Waals surface area contributed by atoms with Crippen LogP contribution in [0.3, 0.4) is 0 Å². The van der Waals surface area contributed by atoms with Crippen LogP contribution in [0.25, 0.3) is 16.2 Å². The summed E-state index contributed by atoms with van der Waals surface area (Å²) in [6, 6.07) is 9.57. The lowest BCUT2D eigenvalue weighted by atomic mass is 10.2. The monoisotopic (exact) mass is 325 g/mol. The van der Waals surface area contributed by atoms with Crippen LogP contribution in [0.15, 0.2) is 59.4 Å². The Hall–Kier alpha value is -2.73. The summed E-state index contributed by atoms with van der Waals surface area (Å²) in [5.74, 6) is -0.359. The van der Waals surface area contributed by atoms with Gasteiger partial charge in [-0.05, 0) is 5.56 Å². The summed E-state index contributed by atoms with van der Waals surface area (Å²) < 4.78 is 1.50. The van der Waals surface area contributed by atoms with Gasteiger partial charge in [-0.3, -0.25) is 14.0 Å². The number of likely N-dealkylation sites (N-methyl/N-ethyl adjacent to an activating group) is 1. The van der Waals surface area contributed by atoms with Crippen molar-refractivity contribution >= 4 is 22.2 Å². The number of benzene rings is 1. The van der Waals surface area contributed by atoms with Crippen LogP contribution < -0.4 is 5.56 Å². The Morgan fingerprint density at radius 3 is 2.83 bits per heavy atom. The predicted molar refractivity (Wildman–Crippen MR) is 91.9 cm³/mol. The topological polar surface area (TPSA) is 54.7 Å². The zero-order chi connectivity index (χ0) is 16.4. The summed E-state index contributed by atoms with van der Waals surface area (Å²) in [7, 11) is 1.63. The molecule has 0 radical (unpaired) electrons. The van der Waals surface area contributed by atoms with Crippen LogP contribution >= 0.6 is 11.3 Å². The van der Waals surface area contributed by atoms with E-state index in [2.05, 4.69) is 11.6 Å². The second-order valence-electron chi connectivity index (χ2n) is 5.06. The number of hydrogen-bond donors (Lipinski definition) is 0. The van der Waals surface area contributed by atoms with Gasteiger partial charge < -0.3 is 4.90 Å². The minimum absolute atomic E-state index is 0.0578. The highest BCUT2D eigenvalue weighted by molar-refractivity contribution is 7.15. The van der Waals surface area contributed by atoms with E-state index in [1.165, 1.54) is 26.8 Å². The van der Waals surface area contributed by atoms with Crippen LogP contribution in [0, 0.1) is 0 Å². The van der Waals surface area contributed by atoms with Crippen molar-refractivity contribution in [3.8, 4) is 11.3 Å². The van der Waals surface area contributed by atoms with Crippen molar-refractivity contribution in [1.82, 2.24) is 14.3 Å². The fourth-order valence-electron chi connectivity index (χ4n) is 2.33. The van der Waals surface area contributed by atoms with Crippen LogP contribution in [0.4, 0.5) is 0 Å². The van der Waals surface area contributed by atoms with Gasteiger partial charge in [0, 0.05) is 25.2 Å². The van der Waals surface area contributed by atoms with E-state index in [9.17, 15) is 9.59 Å². The Labute approximate surface area is 137 Å². The molecule has 0 aliphatic heterocycles. The van der Waals surface area contributed by atoms with E-state index in [4.69, 9.17) is 0 Å². The van der Waals surface area contributed by atoms with Crippen LogP contribution in [0.5, 0.6) is 0 Å². The van der Waals surface area contributed by atoms with Gasteiger partial charge in [-0.15, -0.1) is 17.9 Å². The van der Waals surface area contributed by atoms with Crippen molar-refractivity contribution in [2.45, 2.75) is 0 Å². The highest BCUT2D eigenvalue weighted by atomic mass is 32.1. The highest BCUT2D eigenvalue weighted by Gasteiger charge is 2.19. The number of fused-ring (bicyclic) bond motifs is 1. The van der Waals surface area contributed by atoms with Crippen LogP contribution in [-0.2, 0) is 0 Å². The van der Waals surface area contributed by atoms with Crippen LogP contribution in [0.1, 0.15) is 10.4 Å². The molecule has 1 amide bonds. The first kappa shape index (κ1) is 15.2. The average molecular weight is 325 g/mol. The zero-order valence-electron chi connectivity index (χ0n) is 12.6. The summed E-state index contributed by atoms with van der Waals surface area (Å²) in [4.78, 5) is 31.5. The van der Waals surface area contributed by atoms with E-state index in [0.717, 1.165) is 11.3 Å². The van der Waals surface area contributed by atoms with Gasteiger partial charge in [-0.25, -0.2) is 4.98 Å². The number of hydrogen-bond acceptors (Lipinski definition) is 4. The summed E-state index contributed by atoms with van der Waals surface area (Å²) >= 11 is 1.37. The van der Waals surface area contributed by atoms with Crippen molar-refractivity contribution in [2.75, 3.05) is 13.6 Å². The molecule has 0 aliphatic rings. The largest absolute Gasteiger partial charge is 0.338 e. The summed E-state index contributed by atoms with van der Waals surface area (Å²) in [5.41, 5.74) is 1.36. The molecule has 5 nitrogen and oxygen atoms in total. The first-order valence-electron chi connectivity index (χ1n) is 7.04. The third-order valence-corrected chi connectivity index (χ3v) is 4.34. The van der Waals surface area contributed by atoms with E-state index >= 15 is 0 Å². The Bertz CT molecular complexity index is 928. The molecule has 0 saturated carbocycles. The molecule has 2 aromatic heterocycles. The number of thiazole rings is 1. The summed E-state index contributed by atoms with van der Waals surface area (Å²) in [6.07, 6.45) is 2.96. The summed E-state index contributed by atoms with van der Waals surface area (Å²) in [6.45, 7) is 3.97. The van der Waals surface area contributed by atoms with Crippen molar-refractivity contribution in [3.63, 3.8) is 0 Å². The molecule has 0 fully saturated rings. The van der Waals surface area contributed by atoms with Crippen molar-refractivity contribution in [1.29, 1.82) is 0 Å². The Balaban J connectivity index is 2.17. The SMILES string of the molecule is C=CCN(C)C(=O)c1cnc2scc(-c3ccccc3)n2c1=O. The minimum atomic E-state index is -0.359. The molecule has 116 valence electrons. The number of nitrogens with zero attached hydrogens (tertiary/aromatic N) is 3. The maximum absolute atomic E-state index is 12.8. The smallest absolute Gasteiger partial charge is 0.271 e. The molecular formula is C17H15N3O2S. The average Bonchev–Trinajstić information content (AvgIpc) is 3.00. The fourth-order valence-corrected chi connectivity index (χ4v) is 3.19. The molecule has 0 saturated heterocycles. The first-order valence-corrected chi connectivity index (χ1v) is 7.92. The van der Waals surface area contributed by atoms with Crippen molar-refractivity contribution in [3.05, 3.63) is 70.5 Å². The Kier molecular flexibility index (Phi) is 4.08. The molecular weight excluding hydrogens is 310 g/mol. The Morgan fingerprint density at radius 2 is 2.13 bits per heavy atom. The number of carbonyl (C=O) groups is 1. The molecule has 23 heavy (non-hydrogen) atoms. The quantitative estimate of drug-likeness (QED) is 0.693. The lowest BCUT2D eigenvalue weighted by Gasteiger charge is -2.14. The number of amides is 1. The van der Waals surface area contributed by atoms with Gasteiger partial charge in [0.1, 0.15) is 5.56 Å². The standard InChI is InChI=1S/C17H15N3O2S/c1-3-9-19(2)15(21)13-10-18-17-20(16(13)22)14(11-23-17)12-7-5-4-6-8-12/h3-8,10-11H,1,9H2,2H3.